The summed E-state index contributed by atoms with van der Waals surface area (Å²) in [5.41, 5.74) is 3.99. The van der Waals surface area contributed by atoms with E-state index in [-0.39, 0.29) is 23.5 Å². The zero-order valence-corrected chi connectivity index (χ0v) is 16.3. The van der Waals surface area contributed by atoms with Crippen molar-refractivity contribution >= 4 is 17.3 Å². The Morgan fingerprint density at radius 2 is 1.72 bits per heavy atom. The molecule has 5 rings (SSSR count). The number of fused-ring (bicyclic) bond motifs is 3. The third kappa shape index (κ3) is 2.37. The number of anilines is 2. The molecule has 1 spiro atoms. The molecule has 0 radical (unpaired) electrons. The number of phenols is 1. The number of phenolic OH excluding ortho intramolecular Hbond substituents is 1. The summed E-state index contributed by atoms with van der Waals surface area (Å²) in [5, 5.41) is 16.7. The van der Waals surface area contributed by atoms with Crippen LogP contribution in [0, 0.1) is 5.92 Å². The molecule has 2 aliphatic rings. The molecule has 1 amide bonds. The Morgan fingerprint density at radius 1 is 1.00 bits per heavy atom. The summed E-state index contributed by atoms with van der Waals surface area (Å²) in [7, 11) is 1.54. The highest BCUT2D eigenvalue weighted by Gasteiger charge is 2.56. The topological polar surface area (TPSA) is 70.6 Å². The number of aromatic hydroxyl groups is 1. The van der Waals surface area contributed by atoms with E-state index in [0.29, 0.717) is 5.75 Å². The van der Waals surface area contributed by atoms with Gasteiger partial charge in [0.15, 0.2) is 11.5 Å². The molecule has 3 N–H and O–H groups in total. The van der Waals surface area contributed by atoms with Crippen LogP contribution in [0.15, 0.2) is 66.7 Å². The van der Waals surface area contributed by atoms with E-state index in [1.807, 2.05) is 54.6 Å². The molecule has 0 unspecified atom stereocenters. The first-order chi connectivity index (χ1) is 14.1. The van der Waals surface area contributed by atoms with Gasteiger partial charge in [0, 0.05) is 28.8 Å². The molecular weight excluding hydrogens is 364 g/mol. The largest absolute Gasteiger partial charge is 0.504 e. The third-order valence-electron chi connectivity index (χ3n) is 6.33. The normalized spacial score (nSPS) is 24.4. The molecule has 2 heterocycles. The van der Waals surface area contributed by atoms with Gasteiger partial charge >= 0.3 is 0 Å². The van der Waals surface area contributed by atoms with E-state index in [4.69, 9.17) is 4.74 Å². The minimum Gasteiger partial charge on any atom is -0.504 e. The number of ether oxygens (including phenoxy) is 1. The van der Waals surface area contributed by atoms with Crippen LogP contribution in [0.2, 0.25) is 0 Å². The average Bonchev–Trinajstić information content (AvgIpc) is 3.02. The van der Waals surface area contributed by atoms with Crippen molar-refractivity contribution in [1.29, 1.82) is 0 Å². The van der Waals surface area contributed by atoms with Crippen LogP contribution in [0.5, 0.6) is 11.5 Å². The van der Waals surface area contributed by atoms with Gasteiger partial charge in [-0.25, -0.2) is 0 Å². The molecular formula is C24H22N2O3. The first-order valence-corrected chi connectivity index (χ1v) is 9.71. The summed E-state index contributed by atoms with van der Waals surface area (Å²) in [6.07, 6.45) is 0. The summed E-state index contributed by atoms with van der Waals surface area (Å²) >= 11 is 0. The van der Waals surface area contributed by atoms with E-state index >= 15 is 0 Å². The fourth-order valence-corrected chi connectivity index (χ4v) is 4.94. The van der Waals surface area contributed by atoms with Gasteiger partial charge in [-0.1, -0.05) is 49.4 Å². The molecule has 3 aromatic carbocycles. The second-order valence-electron chi connectivity index (χ2n) is 7.72. The van der Waals surface area contributed by atoms with E-state index in [9.17, 15) is 9.90 Å². The maximum atomic E-state index is 13.3. The molecule has 3 atom stereocenters. The predicted molar refractivity (Wildman–Crippen MR) is 112 cm³/mol. The maximum absolute atomic E-state index is 13.3. The number of hydrogen-bond donors (Lipinski definition) is 3. The Bertz CT molecular complexity index is 1130. The van der Waals surface area contributed by atoms with Gasteiger partial charge < -0.3 is 20.5 Å². The first kappa shape index (κ1) is 17.6. The zero-order valence-electron chi connectivity index (χ0n) is 16.3. The highest BCUT2D eigenvalue weighted by molar-refractivity contribution is 6.08. The van der Waals surface area contributed by atoms with Crippen LogP contribution in [0.4, 0.5) is 11.4 Å². The molecule has 29 heavy (non-hydrogen) atoms. The molecule has 0 aliphatic carbocycles. The molecule has 3 aromatic rings. The second-order valence-corrected chi connectivity index (χ2v) is 7.72. The zero-order chi connectivity index (χ0) is 20.2. The number of carbonyl (C=O) groups excluding carboxylic acids is 1. The minimum absolute atomic E-state index is 0.0450. The van der Waals surface area contributed by atoms with Crippen molar-refractivity contribution in [2.75, 3.05) is 17.7 Å². The van der Waals surface area contributed by atoms with E-state index in [1.54, 1.807) is 13.2 Å². The molecule has 146 valence electrons. The highest BCUT2D eigenvalue weighted by atomic mass is 16.5. The van der Waals surface area contributed by atoms with Gasteiger partial charge in [-0.3, -0.25) is 4.79 Å². The molecule has 0 aromatic heterocycles. The number of methoxy groups -OCH3 is 1. The molecule has 0 saturated heterocycles. The number of para-hydroxylation sites is 2. The number of hydrogen-bond acceptors (Lipinski definition) is 4. The fraction of sp³-hybridized carbons (Fsp3) is 0.208. The first-order valence-electron chi connectivity index (χ1n) is 9.71. The van der Waals surface area contributed by atoms with Crippen molar-refractivity contribution in [3.05, 3.63) is 83.4 Å². The lowest BCUT2D eigenvalue weighted by Crippen LogP contribution is -2.52. The molecule has 5 nitrogen and oxygen atoms in total. The van der Waals surface area contributed by atoms with Crippen LogP contribution in [0.25, 0.3) is 0 Å². The molecule has 0 bridgehead atoms. The van der Waals surface area contributed by atoms with Crippen molar-refractivity contribution in [2.24, 2.45) is 5.92 Å². The SMILES string of the molecule is COc1cc([C@H]2c3ccccc3N[C@]3(C(=O)Nc4ccccc43)[C@@H]2C)ccc1O. The third-order valence-corrected chi connectivity index (χ3v) is 6.33. The standard InChI is InChI=1S/C24H22N2O3/c1-14-22(15-11-12-20(27)21(13-15)29-2)16-7-3-5-9-18(16)26-24(14)17-8-4-6-10-19(17)25-23(24)28/h3-14,22,26-27H,1-2H3,(H,25,28)/t14-,22+,24-/m1/s1. The lowest BCUT2D eigenvalue weighted by molar-refractivity contribution is -0.121. The van der Waals surface area contributed by atoms with Gasteiger partial charge in [-0.15, -0.1) is 0 Å². The average molecular weight is 386 g/mol. The Balaban J connectivity index is 1.75. The number of rotatable bonds is 2. The van der Waals surface area contributed by atoms with E-state index in [0.717, 1.165) is 28.1 Å². The number of benzene rings is 3. The van der Waals surface area contributed by atoms with Crippen molar-refractivity contribution < 1.29 is 14.6 Å². The van der Waals surface area contributed by atoms with Crippen LogP contribution in [-0.4, -0.2) is 18.1 Å². The van der Waals surface area contributed by atoms with Crippen molar-refractivity contribution in [2.45, 2.75) is 18.4 Å². The van der Waals surface area contributed by atoms with Gasteiger partial charge in [-0.05, 0) is 35.4 Å². The van der Waals surface area contributed by atoms with E-state index < -0.39 is 5.54 Å². The van der Waals surface area contributed by atoms with Gasteiger partial charge in [0.05, 0.1) is 7.11 Å². The Labute approximate surface area is 169 Å². The monoisotopic (exact) mass is 386 g/mol. The van der Waals surface area contributed by atoms with E-state index in [1.165, 1.54) is 0 Å². The Hall–Kier alpha value is -3.47. The van der Waals surface area contributed by atoms with Crippen LogP contribution in [0.1, 0.15) is 29.5 Å². The van der Waals surface area contributed by atoms with E-state index in [2.05, 4.69) is 23.6 Å². The van der Waals surface area contributed by atoms with Crippen molar-refractivity contribution in [3.8, 4) is 11.5 Å². The summed E-state index contributed by atoms with van der Waals surface area (Å²) in [4.78, 5) is 13.3. The lowest BCUT2D eigenvalue weighted by atomic mass is 9.65. The minimum atomic E-state index is -0.874. The summed E-state index contributed by atoms with van der Waals surface area (Å²) in [6, 6.07) is 21.4. The highest BCUT2D eigenvalue weighted by Crippen LogP contribution is 2.55. The summed E-state index contributed by atoms with van der Waals surface area (Å²) < 4.78 is 5.35. The predicted octanol–water partition coefficient (Wildman–Crippen LogP) is 4.44. The molecule has 5 heteroatoms. The Kier molecular flexibility index (Phi) is 3.81. The van der Waals surface area contributed by atoms with Gasteiger partial charge in [-0.2, -0.15) is 0 Å². The molecule has 0 fully saturated rings. The molecule has 0 saturated carbocycles. The lowest BCUT2D eigenvalue weighted by Gasteiger charge is -2.45. The van der Waals surface area contributed by atoms with Crippen LogP contribution in [0.3, 0.4) is 0 Å². The van der Waals surface area contributed by atoms with Gasteiger partial charge in [0.2, 0.25) is 0 Å². The van der Waals surface area contributed by atoms with Crippen molar-refractivity contribution in [3.63, 3.8) is 0 Å². The maximum Gasteiger partial charge on any atom is 0.255 e. The smallest absolute Gasteiger partial charge is 0.255 e. The van der Waals surface area contributed by atoms with Gasteiger partial charge in [0.1, 0.15) is 5.54 Å². The van der Waals surface area contributed by atoms with Gasteiger partial charge in [0.25, 0.3) is 5.91 Å². The Morgan fingerprint density at radius 3 is 2.52 bits per heavy atom. The number of nitrogens with one attached hydrogen (secondary N) is 2. The van der Waals surface area contributed by atoms with Crippen LogP contribution in [-0.2, 0) is 10.3 Å². The van der Waals surface area contributed by atoms with Crippen molar-refractivity contribution in [1.82, 2.24) is 0 Å². The summed E-state index contributed by atoms with van der Waals surface area (Å²) in [6.45, 7) is 2.11. The molecule has 2 aliphatic heterocycles. The second kappa shape index (κ2) is 6.27. The summed E-state index contributed by atoms with van der Waals surface area (Å²) in [5.74, 6) is 0.339. The number of carbonyl (C=O) groups is 1. The van der Waals surface area contributed by atoms with Crippen LogP contribution >= 0.6 is 0 Å². The number of amides is 1. The quantitative estimate of drug-likeness (QED) is 0.609. The fourth-order valence-electron chi connectivity index (χ4n) is 4.94. The van der Waals surface area contributed by atoms with Crippen LogP contribution < -0.4 is 15.4 Å².